The molecular weight excluding hydrogens is 256 g/mol. The highest BCUT2D eigenvalue weighted by molar-refractivity contribution is 6.53. The summed E-state index contributed by atoms with van der Waals surface area (Å²) in [4.78, 5) is 9.59. The van der Waals surface area contributed by atoms with Crippen LogP contribution in [0.2, 0.25) is 0 Å². The van der Waals surface area contributed by atoms with Crippen molar-refractivity contribution in [3.05, 3.63) is 12.3 Å². The van der Waals surface area contributed by atoms with E-state index in [1.165, 1.54) is 12.3 Å². The summed E-state index contributed by atoms with van der Waals surface area (Å²) >= 11 is 0. The third kappa shape index (κ3) is 6.87. The van der Waals surface area contributed by atoms with Gasteiger partial charge in [0, 0.05) is 26.4 Å². The SMILES string of the molecule is CCO[Si](OCC)(OCC)OCC.O=C1C=CO1. The molecule has 0 fully saturated rings. The summed E-state index contributed by atoms with van der Waals surface area (Å²) in [6.45, 7) is 9.80. The second-order valence-electron chi connectivity index (χ2n) is 2.97. The zero-order valence-electron chi connectivity index (χ0n) is 11.4. The van der Waals surface area contributed by atoms with Crippen LogP contribution >= 0.6 is 0 Å². The fourth-order valence-corrected chi connectivity index (χ4v) is 2.99. The molecule has 106 valence electrons. The third-order valence-electron chi connectivity index (χ3n) is 1.67. The molecule has 0 atom stereocenters. The Balaban J connectivity index is 0.000000473. The van der Waals surface area contributed by atoms with Crippen LogP contribution in [0.4, 0.5) is 0 Å². The number of hydrogen-bond acceptors (Lipinski definition) is 6. The zero-order valence-corrected chi connectivity index (χ0v) is 12.4. The number of ether oxygens (including phenoxy) is 1. The molecule has 0 aromatic carbocycles. The van der Waals surface area contributed by atoms with Gasteiger partial charge in [-0.3, -0.25) is 0 Å². The first-order valence-electron chi connectivity index (χ1n) is 6.07. The molecule has 0 aromatic rings. The molecule has 1 aliphatic rings. The van der Waals surface area contributed by atoms with Crippen molar-refractivity contribution in [3.8, 4) is 0 Å². The Morgan fingerprint density at radius 2 is 1.22 bits per heavy atom. The Kier molecular flexibility index (Phi) is 9.80. The van der Waals surface area contributed by atoms with Gasteiger partial charge < -0.3 is 22.4 Å². The van der Waals surface area contributed by atoms with Crippen LogP contribution in [-0.4, -0.2) is 41.4 Å². The summed E-state index contributed by atoms with van der Waals surface area (Å²) in [5, 5.41) is 0. The van der Waals surface area contributed by atoms with E-state index in [2.05, 4.69) is 4.74 Å². The summed E-state index contributed by atoms with van der Waals surface area (Å²) < 4.78 is 25.8. The minimum atomic E-state index is -2.80. The molecule has 6 nitrogen and oxygen atoms in total. The molecule has 18 heavy (non-hydrogen) atoms. The van der Waals surface area contributed by atoms with Crippen molar-refractivity contribution in [2.75, 3.05) is 26.4 Å². The van der Waals surface area contributed by atoms with E-state index in [9.17, 15) is 4.79 Å². The number of carbonyl (C=O) groups excluding carboxylic acids is 1. The van der Waals surface area contributed by atoms with E-state index in [1.54, 1.807) is 0 Å². The highest BCUT2D eigenvalue weighted by Crippen LogP contribution is 2.11. The van der Waals surface area contributed by atoms with Crippen LogP contribution in [0.25, 0.3) is 0 Å². The maximum Gasteiger partial charge on any atom is 0.679 e. The maximum atomic E-state index is 9.59. The van der Waals surface area contributed by atoms with Crippen LogP contribution in [-0.2, 0) is 27.2 Å². The Labute approximate surface area is 109 Å². The number of cyclic esters (lactones) is 1. The second kappa shape index (κ2) is 10.2. The topological polar surface area (TPSA) is 63.2 Å². The fourth-order valence-electron chi connectivity index (χ4n) is 1.08. The van der Waals surface area contributed by atoms with E-state index in [0.29, 0.717) is 26.4 Å². The van der Waals surface area contributed by atoms with Crippen molar-refractivity contribution in [2.45, 2.75) is 27.7 Å². The Bertz CT molecular complexity index is 226. The van der Waals surface area contributed by atoms with Crippen LogP contribution in [0.3, 0.4) is 0 Å². The van der Waals surface area contributed by atoms with Crippen molar-refractivity contribution in [1.82, 2.24) is 0 Å². The molecule has 0 aromatic heterocycles. The zero-order chi connectivity index (χ0) is 13.9. The molecule has 0 saturated carbocycles. The summed E-state index contributed by atoms with van der Waals surface area (Å²) in [5.41, 5.74) is 0. The van der Waals surface area contributed by atoms with E-state index in [0.717, 1.165) is 0 Å². The molecule has 1 heterocycles. The molecule has 0 unspecified atom stereocenters. The second-order valence-corrected chi connectivity index (χ2v) is 5.13. The van der Waals surface area contributed by atoms with Crippen LogP contribution in [0.1, 0.15) is 27.7 Å². The summed E-state index contributed by atoms with van der Waals surface area (Å²) in [6, 6.07) is 0. The lowest BCUT2D eigenvalue weighted by Crippen LogP contribution is -2.49. The lowest BCUT2D eigenvalue weighted by molar-refractivity contribution is -0.136. The van der Waals surface area contributed by atoms with Crippen LogP contribution in [0.15, 0.2) is 12.3 Å². The van der Waals surface area contributed by atoms with Gasteiger partial charge in [-0.25, -0.2) is 4.79 Å². The van der Waals surface area contributed by atoms with Crippen LogP contribution < -0.4 is 0 Å². The predicted octanol–water partition coefficient (Wildman–Crippen LogP) is 1.62. The number of carbonyl (C=O) groups is 1. The lowest BCUT2D eigenvalue weighted by Gasteiger charge is -2.26. The third-order valence-corrected chi connectivity index (χ3v) is 4.24. The van der Waals surface area contributed by atoms with Crippen molar-refractivity contribution >= 4 is 15.0 Å². The largest absolute Gasteiger partial charge is 0.679 e. The van der Waals surface area contributed by atoms with E-state index >= 15 is 0 Å². The van der Waals surface area contributed by atoms with Gasteiger partial charge in [-0.05, 0) is 27.7 Å². The standard InChI is InChI=1S/C8H20O4Si.C3H2O2/c1-5-9-13(10-6-2,11-7-3)12-8-4;4-3-1-2-5-3/h5-8H2,1-4H3;1-2H. The van der Waals surface area contributed by atoms with Gasteiger partial charge in [0.1, 0.15) is 6.26 Å². The van der Waals surface area contributed by atoms with Crippen LogP contribution in [0.5, 0.6) is 0 Å². The van der Waals surface area contributed by atoms with Gasteiger partial charge in [0.05, 0.1) is 6.08 Å². The van der Waals surface area contributed by atoms with Gasteiger partial charge in [0.25, 0.3) is 0 Å². The molecule has 0 saturated heterocycles. The van der Waals surface area contributed by atoms with Gasteiger partial charge >= 0.3 is 15.0 Å². The number of hydrogen-bond donors (Lipinski definition) is 0. The molecule has 0 spiro atoms. The average molecular weight is 278 g/mol. The van der Waals surface area contributed by atoms with Gasteiger partial charge in [0.2, 0.25) is 0 Å². The highest BCUT2D eigenvalue weighted by atomic mass is 28.4. The Morgan fingerprint density at radius 1 is 0.944 bits per heavy atom. The van der Waals surface area contributed by atoms with Crippen molar-refractivity contribution < 1.29 is 27.2 Å². The van der Waals surface area contributed by atoms with Gasteiger partial charge in [-0.15, -0.1) is 0 Å². The summed E-state index contributed by atoms with van der Waals surface area (Å²) in [7, 11) is -2.80. The van der Waals surface area contributed by atoms with E-state index in [-0.39, 0.29) is 5.97 Å². The number of rotatable bonds is 8. The molecule has 0 aliphatic carbocycles. The summed E-state index contributed by atoms with van der Waals surface area (Å²) in [5.74, 6) is -0.245. The molecule has 7 heteroatoms. The molecule has 0 radical (unpaired) electrons. The molecule has 0 N–H and O–H groups in total. The van der Waals surface area contributed by atoms with E-state index < -0.39 is 9.05 Å². The summed E-state index contributed by atoms with van der Waals surface area (Å²) in [6.07, 6.45) is 2.71. The smallest absolute Gasteiger partial charge is 0.431 e. The minimum absolute atomic E-state index is 0.245. The minimum Gasteiger partial charge on any atom is -0.431 e. The highest BCUT2D eigenvalue weighted by Gasteiger charge is 2.44. The van der Waals surface area contributed by atoms with E-state index in [4.69, 9.17) is 17.7 Å². The van der Waals surface area contributed by atoms with E-state index in [1.807, 2.05) is 27.7 Å². The Morgan fingerprint density at radius 3 is 1.33 bits per heavy atom. The lowest BCUT2D eigenvalue weighted by atomic mass is 10.6. The van der Waals surface area contributed by atoms with Crippen molar-refractivity contribution in [3.63, 3.8) is 0 Å². The van der Waals surface area contributed by atoms with Crippen molar-refractivity contribution in [1.29, 1.82) is 0 Å². The quantitative estimate of drug-likeness (QED) is 0.496. The molecule has 0 amide bonds. The van der Waals surface area contributed by atoms with Gasteiger partial charge in [0.15, 0.2) is 0 Å². The fraction of sp³-hybridized carbons (Fsp3) is 0.727. The van der Waals surface area contributed by atoms with Gasteiger partial charge in [-0.1, -0.05) is 0 Å². The average Bonchev–Trinajstić information content (AvgIpc) is 2.29. The maximum absolute atomic E-state index is 9.59. The van der Waals surface area contributed by atoms with Gasteiger partial charge in [-0.2, -0.15) is 0 Å². The van der Waals surface area contributed by atoms with Crippen LogP contribution in [0, 0.1) is 0 Å². The normalized spacial score (nSPS) is 13.4. The van der Waals surface area contributed by atoms with Crippen molar-refractivity contribution in [2.24, 2.45) is 0 Å². The predicted molar refractivity (Wildman–Crippen MR) is 67.5 cm³/mol. The monoisotopic (exact) mass is 278 g/mol. The first kappa shape index (κ1) is 17.3. The first-order chi connectivity index (χ1) is 8.64. The molecular formula is C11H22O6Si. The first-order valence-corrected chi connectivity index (χ1v) is 7.70. The molecule has 0 bridgehead atoms. The Hall–Kier alpha value is -0.733. The molecule has 1 rings (SSSR count). The molecule has 1 aliphatic heterocycles. The number of esters is 1.